The number of nitrogens with zero attached hydrogens (tertiary/aromatic N) is 1. The molecular weight excluding hydrogens is 586 g/mol. The van der Waals surface area contributed by atoms with Gasteiger partial charge in [0.15, 0.2) is 0 Å². The summed E-state index contributed by atoms with van der Waals surface area (Å²) in [7, 11) is 0. The van der Waals surface area contributed by atoms with Crippen molar-refractivity contribution in [2.75, 3.05) is 6.54 Å². The zero-order valence-corrected chi connectivity index (χ0v) is 29.0. The summed E-state index contributed by atoms with van der Waals surface area (Å²) in [6.45, 7) is 13.7. The summed E-state index contributed by atoms with van der Waals surface area (Å²) < 4.78 is 12.7. The van der Waals surface area contributed by atoms with Crippen LogP contribution < -0.4 is 4.74 Å². The quantitative estimate of drug-likeness (QED) is 0.219. The Hall–Kier alpha value is -2.96. The summed E-state index contributed by atoms with van der Waals surface area (Å²) in [5.41, 5.74) is -0.304. The van der Waals surface area contributed by atoms with E-state index >= 15 is 0 Å². The summed E-state index contributed by atoms with van der Waals surface area (Å²) in [5.74, 6) is 1.57. The second kappa shape index (κ2) is 13.5. The highest BCUT2D eigenvalue weighted by Gasteiger charge is 2.68. The van der Waals surface area contributed by atoms with E-state index in [1.165, 1.54) is 6.42 Å². The zero-order chi connectivity index (χ0) is 33.4. The molecule has 2 bridgehead atoms. The molecule has 6 nitrogen and oxygen atoms in total. The minimum absolute atomic E-state index is 0.0447. The van der Waals surface area contributed by atoms with Gasteiger partial charge in [-0.25, -0.2) is 0 Å². The average molecular weight is 642 g/mol. The van der Waals surface area contributed by atoms with Crippen molar-refractivity contribution in [2.45, 2.75) is 117 Å². The summed E-state index contributed by atoms with van der Waals surface area (Å²) in [4.78, 5) is 30.3. The summed E-state index contributed by atoms with van der Waals surface area (Å²) in [5, 5.41) is 11.9. The standard InChI is InChI=1S/C41H55NO5/c1-6-39(4)25-35(40(5)28(2)21-23-41(29(3)38(39)45)24-22-34(43)37(40)41)47-36(44)27-42(31-13-9-7-10-14-31)26-30-17-19-33(20-18-30)46-32-15-11-8-12-16-32/h6,8,11-12,15-20,28-29,31,35,37-38,45H,1,7,9-10,13-14,21-27H2,2-5H3/t28-,29+,35-,37?,38+,39-,40+,41+/m1/s1. The van der Waals surface area contributed by atoms with Crippen LogP contribution in [0.2, 0.25) is 0 Å². The molecule has 4 aliphatic rings. The molecule has 4 saturated carbocycles. The topological polar surface area (TPSA) is 76.1 Å². The van der Waals surface area contributed by atoms with Crippen LogP contribution in [0.1, 0.15) is 97.5 Å². The molecule has 6 rings (SSSR count). The Morgan fingerprint density at radius 2 is 1.66 bits per heavy atom. The minimum atomic E-state index is -0.667. The Bertz CT molecular complexity index is 1420. The number of aliphatic hydroxyl groups is 1. The molecule has 254 valence electrons. The number of rotatable bonds is 9. The molecule has 2 aromatic carbocycles. The van der Waals surface area contributed by atoms with E-state index < -0.39 is 23.0 Å². The summed E-state index contributed by atoms with van der Waals surface area (Å²) in [6, 6.07) is 18.2. The zero-order valence-electron chi connectivity index (χ0n) is 29.0. The van der Waals surface area contributed by atoms with Crippen LogP contribution in [0.15, 0.2) is 67.3 Å². The van der Waals surface area contributed by atoms with Crippen LogP contribution in [0.3, 0.4) is 0 Å². The molecule has 1 unspecified atom stereocenters. The van der Waals surface area contributed by atoms with Gasteiger partial charge in [-0.15, -0.1) is 6.58 Å². The number of carbonyl (C=O) groups excluding carboxylic acids is 2. The Morgan fingerprint density at radius 3 is 2.34 bits per heavy atom. The molecule has 4 aliphatic carbocycles. The van der Waals surface area contributed by atoms with Crippen LogP contribution >= 0.6 is 0 Å². The van der Waals surface area contributed by atoms with E-state index in [1.807, 2.05) is 48.5 Å². The molecule has 2 aromatic rings. The number of carbonyl (C=O) groups is 2. The largest absolute Gasteiger partial charge is 0.461 e. The average Bonchev–Trinajstić information content (AvgIpc) is 3.44. The normalized spacial score (nSPS) is 35.9. The lowest BCUT2D eigenvalue weighted by molar-refractivity contribution is -0.207. The molecule has 0 saturated heterocycles. The number of Topliss-reactive ketones (excluding diaryl/α,β-unsaturated/α-hetero) is 1. The Morgan fingerprint density at radius 1 is 0.979 bits per heavy atom. The van der Waals surface area contributed by atoms with Gasteiger partial charge in [0.2, 0.25) is 0 Å². The van der Waals surface area contributed by atoms with Crippen LogP contribution in [0, 0.1) is 34.0 Å². The lowest BCUT2D eigenvalue weighted by Crippen LogP contribution is -2.63. The maximum atomic E-state index is 14.2. The first-order valence-corrected chi connectivity index (χ1v) is 18.1. The molecule has 8 atom stereocenters. The first-order valence-electron chi connectivity index (χ1n) is 18.1. The van der Waals surface area contributed by atoms with Gasteiger partial charge in [0.05, 0.1) is 12.6 Å². The lowest BCUT2D eigenvalue weighted by Gasteiger charge is -2.61. The van der Waals surface area contributed by atoms with Crippen LogP contribution in [0.5, 0.6) is 11.5 Å². The van der Waals surface area contributed by atoms with E-state index in [2.05, 4.69) is 51.3 Å². The number of ketones is 1. The van der Waals surface area contributed by atoms with Crippen LogP contribution in [0.25, 0.3) is 0 Å². The molecule has 1 N–H and O–H groups in total. The van der Waals surface area contributed by atoms with Crippen molar-refractivity contribution in [2.24, 2.45) is 34.0 Å². The third-order valence-electron chi connectivity index (χ3n) is 13.3. The van der Waals surface area contributed by atoms with Crippen molar-refractivity contribution in [3.05, 3.63) is 72.8 Å². The second-order valence-electron chi connectivity index (χ2n) is 15.8. The third-order valence-corrected chi connectivity index (χ3v) is 13.3. The smallest absolute Gasteiger partial charge is 0.320 e. The Labute approximate surface area is 281 Å². The van der Waals surface area contributed by atoms with E-state index in [4.69, 9.17) is 9.47 Å². The Kier molecular flexibility index (Phi) is 9.75. The number of ether oxygens (including phenoxy) is 2. The molecule has 47 heavy (non-hydrogen) atoms. The molecule has 0 radical (unpaired) electrons. The lowest BCUT2D eigenvalue weighted by atomic mass is 9.44. The van der Waals surface area contributed by atoms with Crippen LogP contribution in [-0.4, -0.2) is 46.6 Å². The van der Waals surface area contributed by atoms with Crippen LogP contribution in [0.4, 0.5) is 0 Å². The number of aliphatic hydroxyl groups excluding tert-OH is 1. The van der Waals surface area contributed by atoms with Gasteiger partial charge in [-0.1, -0.05) is 83.4 Å². The first kappa shape index (κ1) is 33.9. The highest BCUT2D eigenvalue weighted by atomic mass is 16.5. The highest BCUT2D eigenvalue weighted by Crippen LogP contribution is 2.68. The van der Waals surface area contributed by atoms with E-state index in [-0.39, 0.29) is 41.5 Å². The van der Waals surface area contributed by atoms with E-state index in [0.717, 1.165) is 62.0 Å². The fraction of sp³-hybridized carbons (Fsp3) is 0.610. The van der Waals surface area contributed by atoms with E-state index in [0.29, 0.717) is 25.4 Å². The summed E-state index contributed by atoms with van der Waals surface area (Å²) >= 11 is 0. The van der Waals surface area contributed by atoms with Crippen molar-refractivity contribution in [1.82, 2.24) is 4.90 Å². The maximum Gasteiger partial charge on any atom is 0.320 e. The van der Waals surface area contributed by atoms with Gasteiger partial charge < -0.3 is 14.6 Å². The van der Waals surface area contributed by atoms with Crippen molar-refractivity contribution >= 4 is 11.8 Å². The van der Waals surface area contributed by atoms with Crippen molar-refractivity contribution in [3.63, 3.8) is 0 Å². The van der Waals surface area contributed by atoms with Gasteiger partial charge in [0.25, 0.3) is 0 Å². The van der Waals surface area contributed by atoms with Gasteiger partial charge in [-0.3, -0.25) is 14.5 Å². The number of hydrogen-bond acceptors (Lipinski definition) is 6. The van der Waals surface area contributed by atoms with Gasteiger partial charge in [-0.2, -0.15) is 0 Å². The molecule has 6 heteroatoms. The molecule has 0 amide bonds. The van der Waals surface area contributed by atoms with Gasteiger partial charge in [0, 0.05) is 35.8 Å². The Balaban J connectivity index is 1.25. The SMILES string of the molecule is C=C[C@]1(C)C[C@@H](OC(=O)CN(Cc2ccc(Oc3ccccc3)cc2)C2CCCCC2)[C@@]2(C)C3C(=O)CC[C@@]3(CC[C@H]2C)[C@@H](C)[C@@H]1O. The number of benzene rings is 2. The van der Waals surface area contributed by atoms with Crippen molar-refractivity contribution in [3.8, 4) is 11.5 Å². The predicted molar refractivity (Wildman–Crippen MR) is 185 cm³/mol. The fourth-order valence-corrected chi connectivity index (χ4v) is 10.1. The van der Waals surface area contributed by atoms with Crippen molar-refractivity contribution < 1.29 is 24.2 Å². The second-order valence-corrected chi connectivity index (χ2v) is 15.8. The van der Waals surface area contributed by atoms with E-state index in [1.54, 1.807) is 0 Å². The highest BCUT2D eigenvalue weighted by molar-refractivity contribution is 5.85. The maximum absolute atomic E-state index is 14.2. The van der Waals surface area contributed by atoms with Crippen molar-refractivity contribution in [1.29, 1.82) is 0 Å². The van der Waals surface area contributed by atoms with E-state index in [9.17, 15) is 14.7 Å². The number of hydrogen-bond donors (Lipinski definition) is 1. The van der Waals surface area contributed by atoms with Crippen LogP contribution in [-0.2, 0) is 20.9 Å². The molecule has 0 aliphatic heterocycles. The minimum Gasteiger partial charge on any atom is -0.461 e. The fourth-order valence-electron chi connectivity index (χ4n) is 10.1. The summed E-state index contributed by atoms with van der Waals surface area (Å²) in [6.07, 6.45) is 10.1. The van der Waals surface area contributed by atoms with Gasteiger partial charge in [0.1, 0.15) is 23.4 Å². The predicted octanol–water partition coefficient (Wildman–Crippen LogP) is 8.52. The third kappa shape index (κ3) is 6.33. The molecule has 0 spiro atoms. The molecular formula is C41H55NO5. The molecule has 4 fully saturated rings. The molecule has 0 heterocycles. The number of para-hydroxylation sites is 1. The molecule has 0 aromatic heterocycles. The monoisotopic (exact) mass is 641 g/mol. The van der Waals surface area contributed by atoms with Gasteiger partial charge >= 0.3 is 5.97 Å². The first-order chi connectivity index (χ1) is 22.5. The van der Waals surface area contributed by atoms with Gasteiger partial charge in [-0.05, 0) is 85.6 Å². The number of esters is 1.